The number of carboxylic acid groups (broad SMARTS) is 1. The molecule has 0 fully saturated rings. The minimum Gasteiger partial charge on any atom is -0.493 e. The van der Waals surface area contributed by atoms with Gasteiger partial charge < -0.3 is 15.2 Å². The van der Waals surface area contributed by atoms with Crippen molar-refractivity contribution in [2.24, 2.45) is 0 Å². The minimum atomic E-state index is -1.12. The van der Waals surface area contributed by atoms with E-state index in [-0.39, 0.29) is 11.1 Å². The van der Waals surface area contributed by atoms with Gasteiger partial charge in [0.1, 0.15) is 5.75 Å². The number of carbonyl (C=O) groups excluding carboxylic acids is 1. The van der Waals surface area contributed by atoms with Gasteiger partial charge in [-0.1, -0.05) is 12.1 Å². The summed E-state index contributed by atoms with van der Waals surface area (Å²) in [7, 11) is 0. The molecule has 21 heavy (non-hydrogen) atoms. The van der Waals surface area contributed by atoms with E-state index >= 15 is 0 Å². The number of fused-ring (bicyclic) bond motifs is 1. The van der Waals surface area contributed by atoms with Gasteiger partial charge in [0.2, 0.25) is 0 Å². The number of nitrogens with one attached hydrogen (secondary N) is 1. The van der Waals surface area contributed by atoms with Gasteiger partial charge in [0.05, 0.1) is 17.7 Å². The summed E-state index contributed by atoms with van der Waals surface area (Å²) in [5.41, 5.74) is 1.80. The smallest absolute Gasteiger partial charge is 0.336 e. The fraction of sp³-hybridized carbons (Fsp3) is 0.125. The number of anilines is 1. The average molecular weight is 283 g/mol. The Morgan fingerprint density at radius 2 is 1.86 bits per heavy atom. The molecule has 5 nitrogen and oxygen atoms in total. The van der Waals surface area contributed by atoms with Crippen LogP contribution in [0.4, 0.5) is 5.69 Å². The van der Waals surface area contributed by atoms with Crippen LogP contribution >= 0.6 is 0 Å². The fourth-order valence-corrected chi connectivity index (χ4v) is 2.33. The van der Waals surface area contributed by atoms with Crippen molar-refractivity contribution in [3.05, 3.63) is 59.2 Å². The lowest BCUT2D eigenvalue weighted by molar-refractivity contribution is 0.0692. The summed E-state index contributed by atoms with van der Waals surface area (Å²) >= 11 is 0. The van der Waals surface area contributed by atoms with Crippen LogP contribution in [0.25, 0.3) is 0 Å². The maximum absolute atomic E-state index is 12.2. The Hall–Kier alpha value is -2.82. The molecule has 2 aromatic carbocycles. The Labute approximate surface area is 121 Å². The number of amides is 1. The van der Waals surface area contributed by atoms with Crippen LogP contribution < -0.4 is 10.1 Å². The summed E-state index contributed by atoms with van der Waals surface area (Å²) in [5.74, 6) is -0.728. The average Bonchev–Trinajstić information content (AvgIpc) is 2.94. The molecule has 1 aliphatic rings. The first-order valence-electron chi connectivity index (χ1n) is 6.54. The number of rotatable bonds is 3. The number of benzene rings is 2. The van der Waals surface area contributed by atoms with Crippen molar-refractivity contribution in [2.75, 3.05) is 11.9 Å². The van der Waals surface area contributed by atoms with E-state index in [0.29, 0.717) is 12.3 Å². The van der Waals surface area contributed by atoms with Crippen LogP contribution in [-0.2, 0) is 6.42 Å². The molecule has 0 spiro atoms. The second kappa shape index (κ2) is 5.28. The predicted octanol–water partition coefficient (Wildman–Crippen LogP) is 2.57. The van der Waals surface area contributed by atoms with E-state index in [9.17, 15) is 9.59 Å². The lowest BCUT2D eigenvalue weighted by Gasteiger charge is -2.08. The first kappa shape index (κ1) is 13.2. The molecule has 2 N–H and O–H groups in total. The van der Waals surface area contributed by atoms with Gasteiger partial charge in [-0.25, -0.2) is 4.79 Å². The molecule has 0 aromatic heterocycles. The van der Waals surface area contributed by atoms with Gasteiger partial charge in [-0.15, -0.1) is 0 Å². The highest BCUT2D eigenvalue weighted by Crippen LogP contribution is 2.28. The lowest BCUT2D eigenvalue weighted by atomic mass is 10.1. The molecule has 5 heteroatoms. The Morgan fingerprint density at radius 1 is 1.10 bits per heavy atom. The Bertz CT molecular complexity index is 724. The monoisotopic (exact) mass is 283 g/mol. The quantitative estimate of drug-likeness (QED) is 0.907. The number of aromatic carboxylic acids is 1. The van der Waals surface area contributed by atoms with Crippen molar-refractivity contribution in [1.82, 2.24) is 0 Å². The first-order chi connectivity index (χ1) is 10.1. The van der Waals surface area contributed by atoms with Crippen molar-refractivity contribution in [1.29, 1.82) is 0 Å². The maximum Gasteiger partial charge on any atom is 0.336 e. The highest BCUT2D eigenvalue weighted by atomic mass is 16.5. The van der Waals surface area contributed by atoms with Crippen LogP contribution in [-0.4, -0.2) is 23.6 Å². The van der Waals surface area contributed by atoms with Gasteiger partial charge in [-0.3, -0.25) is 4.79 Å². The van der Waals surface area contributed by atoms with E-state index < -0.39 is 11.9 Å². The fourth-order valence-electron chi connectivity index (χ4n) is 2.33. The molecule has 1 aliphatic heterocycles. The third-order valence-electron chi connectivity index (χ3n) is 3.35. The van der Waals surface area contributed by atoms with Gasteiger partial charge in [-0.05, 0) is 35.9 Å². The topological polar surface area (TPSA) is 75.6 Å². The minimum absolute atomic E-state index is 0.0144. The Kier molecular flexibility index (Phi) is 3.31. The maximum atomic E-state index is 12.2. The summed E-state index contributed by atoms with van der Waals surface area (Å²) in [6.07, 6.45) is 0.810. The van der Waals surface area contributed by atoms with E-state index in [1.165, 1.54) is 12.1 Å². The van der Waals surface area contributed by atoms with Crippen LogP contribution in [0.5, 0.6) is 5.75 Å². The summed E-state index contributed by atoms with van der Waals surface area (Å²) in [5, 5.41) is 11.8. The molecule has 0 saturated carbocycles. The molecule has 0 unspecified atom stereocenters. The molecule has 1 amide bonds. The zero-order chi connectivity index (χ0) is 14.8. The highest BCUT2D eigenvalue weighted by Gasteiger charge is 2.17. The van der Waals surface area contributed by atoms with Crippen LogP contribution in [0.2, 0.25) is 0 Å². The first-order valence-corrected chi connectivity index (χ1v) is 6.54. The molecular weight excluding hydrogens is 270 g/mol. The highest BCUT2D eigenvalue weighted by molar-refractivity contribution is 6.10. The Balaban J connectivity index is 1.85. The molecule has 0 aliphatic carbocycles. The zero-order valence-corrected chi connectivity index (χ0v) is 11.1. The van der Waals surface area contributed by atoms with Crippen LogP contribution in [0.15, 0.2) is 42.5 Å². The summed E-state index contributed by atoms with van der Waals surface area (Å²) in [6.45, 7) is 0.647. The molecular formula is C16H13NO4. The summed E-state index contributed by atoms with van der Waals surface area (Å²) in [6, 6.07) is 11.5. The molecule has 106 valence electrons. The summed E-state index contributed by atoms with van der Waals surface area (Å²) < 4.78 is 5.40. The molecule has 1 heterocycles. The zero-order valence-electron chi connectivity index (χ0n) is 11.1. The van der Waals surface area contributed by atoms with Gasteiger partial charge in [0, 0.05) is 12.1 Å². The number of hydrogen-bond acceptors (Lipinski definition) is 3. The van der Waals surface area contributed by atoms with Crippen LogP contribution in [0, 0.1) is 0 Å². The Morgan fingerprint density at radius 3 is 2.62 bits per heavy atom. The van der Waals surface area contributed by atoms with E-state index in [1.54, 1.807) is 24.3 Å². The van der Waals surface area contributed by atoms with Crippen molar-refractivity contribution in [3.63, 3.8) is 0 Å². The van der Waals surface area contributed by atoms with Crippen molar-refractivity contribution >= 4 is 17.6 Å². The van der Waals surface area contributed by atoms with Gasteiger partial charge >= 0.3 is 5.97 Å². The largest absolute Gasteiger partial charge is 0.493 e. The standard InChI is InChI=1S/C16H13NO4/c18-15(12-3-1-2-4-13(12)16(19)20)17-11-5-6-14-10(9-11)7-8-21-14/h1-6,9H,7-8H2,(H,17,18)(H,19,20). The third kappa shape index (κ3) is 2.58. The molecule has 2 aromatic rings. The van der Waals surface area contributed by atoms with Crippen molar-refractivity contribution in [3.8, 4) is 5.75 Å². The predicted molar refractivity (Wildman–Crippen MR) is 77.0 cm³/mol. The molecule has 3 rings (SSSR count). The van der Waals surface area contributed by atoms with E-state index in [1.807, 2.05) is 6.07 Å². The van der Waals surface area contributed by atoms with Crippen molar-refractivity contribution < 1.29 is 19.4 Å². The molecule has 0 radical (unpaired) electrons. The molecule has 0 saturated heterocycles. The second-order valence-electron chi connectivity index (χ2n) is 4.73. The number of carboxylic acids is 1. The van der Waals surface area contributed by atoms with Crippen molar-refractivity contribution in [2.45, 2.75) is 6.42 Å². The van der Waals surface area contributed by atoms with E-state index in [4.69, 9.17) is 9.84 Å². The lowest BCUT2D eigenvalue weighted by Crippen LogP contribution is -2.16. The van der Waals surface area contributed by atoms with E-state index in [0.717, 1.165) is 17.7 Å². The van der Waals surface area contributed by atoms with Gasteiger partial charge in [0.25, 0.3) is 5.91 Å². The van der Waals surface area contributed by atoms with Gasteiger partial charge in [-0.2, -0.15) is 0 Å². The van der Waals surface area contributed by atoms with Crippen LogP contribution in [0.1, 0.15) is 26.3 Å². The number of carbonyl (C=O) groups is 2. The van der Waals surface area contributed by atoms with Crippen LogP contribution in [0.3, 0.4) is 0 Å². The number of ether oxygens (including phenoxy) is 1. The summed E-state index contributed by atoms with van der Waals surface area (Å²) in [4.78, 5) is 23.4. The van der Waals surface area contributed by atoms with Gasteiger partial charge in [0.15, 0.2) is 0 Å². The molecule has 0 bridgehead atoms. The SMILES string of the molecule is O=C(O)c1ccccc1C(=O)Nc1ccc2c(c1)CCO2. The second-order valence-corrected chi connectivity index (χ2v) is 4.73. The number of hydrogen-bond donors (Lipinski definition) is 2. The van der Waals surface area contributed by atoms with E-state index in [2.05, 4.69) is 5.32 Å². The third-order valence-corrected chi connectivity index (χ3v) is 3.35. The molecule has 0 atom stereocenters. The normalized spacial score (nSPS) is 12.4.